The van der Waals surface area contributed by atoms with E-state index >= 15 is 0 Å². The molecule has 0 aromatic rings. The molecule has 2 unspecified atom stereocenters. The highest BCUT2D eigenvalue weighted by Crippen LogP contribution is 2.61. The fourth-order valence-electron chi connectivity index (χ4n) is 3.61. The number of oxime groups is 1. The van der Waals surface area contributed by atoms with Gasteiger partial charge >= 0.3 is 0 Å². The van der Waals surface area contributed by atoms with E-state index in [0.29, 0.717) is 16.7 Å². The van der Waals surface area contributed by atoms with Crippen molar-refractivity contribution < 1.29 is 5.21 Å². The van der Waals surface area contributed by atoms with Crippen molar-refractivity contribution in [2.75, 3.05) is 0 Å². The Bertz CT molecular complexity index is 220. The zero-order valence-electron chi connectivity index (χ0n) is 8.58. The Hall–Kier alpha value is -0.530. The molecule has 1 N–H and O–H groups in total. The number of rotatable bonds is 1. The summed E-state index contributed by atoms with van der Waals surface area (Å²) in [5.41, 5.74) is 0.832. The molecule has 0 radical (unpaired) electrons. The van der Waals surface area contributed by atoms with Crippen LogP contribution in [0.5, 0.6) is 0 Å². The fraction of sp³-hybridized carbons (Fsp3) is 0.909. The smallest absolute Gasteiger partial charge is 0.0477 e. The third-order valence-corrected chi connectivity index (χ3v) is 4.48. The average Bonchev–Trinajstić information content (AvgIpc) is 2.26. The van der Waals surface area contributed by atoms with Crippen molar-refractivity contribution in [3.05, 3.63) is 0 Å². The SMILES string of the molecule is CC12CCCC(C)(CC1)C2C=NO. The molecule has 0 aromatic carbocycles. The Balaban J connectivity index is 2.31. The zero-order valence-corrected chi connectivity index (χ0v) is 8.58. The predicted octanol–water partition coefficient (Wildman–Crippen LogP) is 3.05. The quantitative estimate of drug-likeness (QED) is 0.376. The second-order valence-electron chi connectivity index (χ2n) is 5.40. The van der Waals surface area contributed by atoms with E-state index in [1.165, 1.54) is 32.1 Å². The van der Waals surface area contributed by atoms with E-state index in [1.807, 2.05) is 0 Å². The Morgan fingerprint density at radius 3 is 2.15 bits per heavy atom. The van der Waals surface area contributed by atoms with Gasteiger partial charge in [0, 0.05) is 12.1 Å². The Morgan fingerprint density at radius 2 is 1.69 bits per heavy atom. The van der Waals surface area contributed by atoms with E-state index in [2.05, 4.69) is 19.0 Å². The maximum Gasteiger partial charge on any atom is 0.0477 e. The van der Waals surface area contributed by atoms with Crippen LogP contribution in [0.4, 0.5) is 0 Å². The Morgan fingerprint density at radius 1 is 1.15 bits per heavy atom. The third kappa shape index (κ3) is 1.18. The van der Waals surface area contributed by atoms with E-state index in [-0.39, 0.29) is 0 Å². The lowest BCUT2D eigenvalue weighted by Gasteiger charge is -2.42. The molecule has 2 bridgehead atoms. The molecule has 2 rings (SSSR count). The van der Waals surface area contributed by atoms with Crippen molar-refractivity contribution in [3.63, 3.8) is 0 Å². The van der Waals surface area contributed by atoms with Gasteiger partial charge in [0.15, 0.2) is 0 Å². The molecule has 0 spiro atoms. The number of fused-ring (bicyclic) bond motifs is 2. The maximum absolute atomic E-state index is 8.68. The van der Waals surface area contributed by atoms with Crippen molar-refractivity contribution in [3.8, 4) is 0 Å². The van der Waals surface area contributed by atoms with Gasteiger partial charge in [-0.1, -0.05) is 20.3 Å². The van der Waals surface area contributed by atoms with Crippen LogP contribution in [0.3, 0.4) is 0 Å². The van der Waals surface area contributed by atoms with Gasteiger partial charge in [-0.2, -0.15) is 0 Å². The van der Waals surface area contributed by atoms with Crippen molar-refractivity contribution >= 4 is 6.21 Å². The molecule has 74 valence electrons. The average molecular weight is 181 g/mol. The van der Waals surface area contributed by atoms with Gasteiger partial charge in [-0.3, -0.25) is 0 Å². The standard InChI is InChI=1S/C11H19NO/c1-10-4-3-5-11(2,7-6-10)9(10)8-12-13/h8-9,13H,3-7H2,1-2H3. The van der Waals surface area contributed by atoms with E-state index in [4.69, 9.17) is 5.21 Å². The van der Waals surface area contributed by atoms with E-state index < -0.39 is 0 Å². The highest BCUT2D eigenvalue weighted by atomic mass is 16.4. The monoisotopic (exact) mass is 181 g/mol. The van der Waals surface area contributed by atoms with E-state index in [1.54, 1.807) is 6.21 Å². The van der Waals surface area contributed by atoms with Gasteiger partial charge in [0.2, 0.25) is 0 Å². The van der Waals surface area contributed by atoms with Crippen LogP contribution in [0.1, 0.15) is 46.0 Å². The predicted molar refractivity (Wildman–Crippen MR) is 53.1 cm³/mol. The molecule has 0 aromatic heterocycles. The van der Waals surface area contributed by atoms with E-state index in [9.17, 15) is 0 Å². The summed E-state index contributed by atoms with van der Waals surface area (Å²) < 4.78 is 0. The topological polar surface area (TPSA) is 32.6 Å². The maximum atomic E-state index is 8.68. The summed E-state index contributed by atoms with van der Waals surface area (Å²) in [6.07, 6.45) is 8.36. The number of hydrogen-bond acceptors (Lipinski definition) is 2. The Kier molecular flexibility index (Phi) is 1.90. The highest BCUT2D eigenvalue weighted by molar-refractivity contribution is 5.63. The molecule has 2 saturated carbocycles. The van der Waals surface area contributed by atoms with Gasteiger partial charge in [-0.25, -0.2) is 0 Å². The molecule has 13 heavy (non-hydrogen) atoms. The summed E-state index contributed by atoms with van der Waals surface area (Å²) in [4.78, 5) is 0. The van der Waals surface area contributed by atoms with Crippen LogP contribution in [0, 0.1) is 16.7 Å². The summed E-state index contributed by atoms with van der Waals surface area (Å²) in [5, 5.41) is 11.9. The Labute approximate surface area is 80.0 Å². The summed E-state index contributed by atoms with van der Waals surface area (Å²) >= 11 is 0. The lowest BCUT2D eigenvalue weighted by Crippen LogP contribution is -2.36. The summed E-state index contributed by atoms with van der Waals surface area (Å²) in [5.74, 6) is 0.499. The fourth-order valence-corrected chi connectivity index (χ4v) is 3.61. The summed E-state index contributed by atoms with van der Waals surface area (Å²) in [7, 11) is 0. The molecule has 2 aliphatic rings. The van der Waals surface area contributed by atoms with Crippen LogP contribution in [0.25, 0.3) is 0 Å². The van der Waals surface area contributed by atoms with Crippen LogP contribution >= 0.6 is 0 Å². The molecule has 0 saturated heterocycles. The lowest BCUT2D eigenvalue weighted by molar-refractivity contribution is 0.117. The van der Waals surface area contributed by atoms with Crippen molar-refractivity contribution in [2.45, 2.75) is 46.0 Å². The van der Waals surface area contributed by atoms with Crippen molar-refractivity contribution in [1.29, 1.82) is 0 Å². The largest absolute Gasteiger partial charge is 0.411 e. The summed E-state index contributed by atoms with van der Waals surface area (Å²) in [6, 6.07) is 0. The molecule has 2 heteroatoms. The number of hydrogen-bond donors (Lipinski definition) is 1. The van der Waals surface area contributed by atoms with Crippen LogP contribution < -0.4 is 0 Å². The van der Waals surface area contributed by atoms with Crippen LogP contribution in [0.2, 0.25) is 0 Å². The molecular weight excluding hydrogens is 162 g/mol. The highest BCUT2D eigenvalue weighted by Gasteiger charge is 2.53. The van der Waals surface area contributed by atoms with Gasteiger partial charge in [0.25, 0.3) is 0 Å². The first-order valence-corrected chi connectivity index (χ1v) is 5.28. The zero-order chi connectivity index (χ0) is 9.53. The molecular formula is C11H19NO. The van der Waals surface area contributed by atoms with Crippen molar-refractivity contribution in [2.24, 2.45) is 21.9 Å². The first-order valence-electron chi connectivity index (χ1n) is 5.28. The third-order valence-electron chi connectivity index (χ3n) is 4.48. The minimum atomic E-state index is 0.416. The normalized spacial score (nSPS) is 50.2. The van der Waals surface area contributed by atoms with Gasteiger partial charge in [-0.15, -0.1) is 5.16 Å². The molecule has 0 amide bonds. The second kappa shape index (κ2) is 2.73. The van der Waals surface area contributed by atoms with Crippen LogP contribution in [-0.4, -0.2) is 11.4 Å². The molecule has 2 fully saturated rings. The van der Waals surface area contributed by atoms with Crippen molar-refractivity contribution in [1.82, 2.24) is 0 Å². The van der Waals surface area contributed by atoms with Crippen LogP contribution in [0.15, 0.2) is 5.16 Å². The van der Waals surface area contributed by atoms with E-state index in [0.717, 1.165) is 0 Å². The van der Waals surface area contributed by atoms with Gasteiger partial charge in [0.1, 0.15) is 0 Å². The van der Waals surface area contributed by atoms with Crippen LogP contribution in [-0.2, 0) is 0 Å². The molecule has 2 aliphatic carbocycles. The van der Waals surface area contributed by atoms with Gasteiger partial charge in [-0.05, 0) is 36.5 Å². The minimum Gasteiger partial charge on any atom is -0.411 e. The molecule has 2 nitrogen and oxygen atoms in total. The minimum absolute atomic E-state index is 0.416. The van der Waals surface area contributed by atoms with Gasteiger partial charge in [0.05, 0.1) is 0 Å². The first-order chi connectivity index (χ1) is 6.11. The number of nitrogens with zero attached hydrogens (tertiary/aromatic N) is 1. The lowest BCUT2D eigenvalue weighted by atomic mass is 9.63. The molecule has 2 atom stereocenters. The first kappa shape index (κ1) is 9.04. The second-order valence-corrected chi connectivity index (χ2v) is 5.40. The molecule has 0 heterocycles. The molecule has 0 aliphatic heterocycles. The van der Waals surface area contributed by atoms with Gasteiger partial charge < -0.3 is 5.21 Å². The summed E-state index contributed by atoms with van der Waals surface area (Å²) in [6.45, 7) is 4.70.